The third-order valence-electron chi connectivity index (χ3n) is 5.13. The van der Waals surface area contributed by atoms with Gasteiger partial charge in [-0.1, -0.05) is 11.3 Å². The average molecular weight is 370 g/mol. The van der Waals surface area contributed by atoms with E-state index in [2.05, 4.69) is 31.7 Å². The zero-order chi connectivity index (χ0) is 17.7. The monoisotopic (exact) mass is 370 g/mol. The van der Waals surface area contributed by atoms with Gasteiger partial charge in [0.1, 0.15) is 17.7 Å². The number of hydrogen-bond acceptors (Lipinski definition) is 7. The Balaban J connectivity index is 1.54. The molecule has 0 bridgehead atoms. The second-order valence-electron chi connectivity index (χ2n) is 6.81. The van der Waals surface area contributed by atoms with Gasteiger partial charge in [-0.15, -0.1) is 0 Å². The summed E-state index contributed by atoms with van der Waals surface area (Å²) < 4.78 is 13.5. The summed E-state index contributed by atoms with van der Waals surface area (Å²) in [5, 5.41) is 1.01. The normalized spacial score (nSPS) is 17.9. The largest absolute Gasteiger partial charge is 0.345 e. The lowest BCUT2D eigenvalue weighted by molar-refractivity contribution is 0.313. The lowest BCUT2D eigenvalue weighted by Gasteiger charge is -2.31. The molecule has 26 heavy (non-hydrogen) atoms. The summed E-state index contributed by atoms with van der Waals surface area (Å²) in [6, 6.07) is 4.95. The summed E-state index contributed by atoms with van der Waals surface area (Å²) in [4.78, 5) is 21.5. The molecule has 8 heteroatoms. The van der Waals surface area contributed by atoms with Crippen LogP contribution in [0.3, 0.4) is 0 Å². The second-order valence-corrected chi connectivity index (χ2v) is 7.77. The maximum absolute atomic E-state index is 13.5. The van der Waals surface area contributed by atoms with Crippen LogP contribution >= 0.6 is 11.3 Å². The molecule has 2 aliphatic rings. The van der Waals surface area contributed by atoms with Crippen molar-refractivity contribution in [3.63, 3.8) is 0 Å². The molecule has 1 fully saturated rings. The predicted octanol–water partition coefficient (Wildman–Crippen LogP) is 2.67. The fourth-order valence-electron chi connectivity index (χ4n) is 3.65. The quantitative estimate of drug-likeness (QED) is 0.691. The number of anilines is 3. The van der Waals surface area contributed by atoms with Gasteiger partial charge in [-0.2, -0.15) is 0 Å². The van der Waals surface area contributed by atoms with Gasteiger partial charge in [0.05, 0.1) is 0 Å². The molecule has 0 atom stereocenters. The molecule has 4 heterocycles. The Hall–Kier alpha value is -2.32. The van der Waals surface area contributed by atoms with Crippen LogP contribution in [0, 0.1) is 5.82 Å². The molecular formula is C18H19FN6S. The Morgan fingerprint density at radius 3 is 2.77 bits per heavy atom. The number of thiazole rings is 1. The van der Waals surface area contributed by atoms with Crippen molar-refractivity contribution in [3.8, 4) is 0 Å². The van der Waals surface area contributed by atoms with Gasteiger partial charge < -0.3 is 14.7 Å². The fraction of sp³-hybridized carbons (Fsp3) is 0.389. The molecular weight excluding hydrogens is 351 g/mol. The highest BCUT2D eigenvalue weighted by Gasteiger charge is 2.26. The van der Waals surface area contributed by atoms with Crippen LogP contribution in [0.15, 0.2) is 24.5 Å². The molecule has 0 aliphatic carbocycles. The number of benzene rings is 1. The number of rotatable bonds is 2. The van der Waals surface area contributed by atoms with Crippen LogP contribution in [-0.2, 0) is 6.42 Å². The highest BCUT2D eigenvalue weighted by atomic mass is 32.1. The lowest BCUT2D eigenvalue weighted by Crippen LogP contribution is -2.44. The Bertz CT molecular complexity index is 965. The van der Waals surface area contributed by atoms with Crippen molar-refractivity contribution in [2.75, 3.05) is 49.6 Å². The Kier molecular flexibility index (Phi) is 3.75. The predicted molar refractivity (Wildman–Crippen MR) is 102 cm³/mol. The Morgan fingerprint density at radius 2 is 1.92 bits per heavy atom. The molecule has 2 aromatic heterocycles. The van der Waals surface area contributed by atoms with Crippen molar-refractivity contribution in [1.29, 1.82) is 0 Å². The van der Waals surface area contributed by atoms with Crippen LogP contribution in [0.2, 0.25) is 0 Å². The third kappa shape index (κ3) is 2.60. The maximum atomic E-state index is 13.5. The van der Waals surface area contributed by atoms with Crippen molar-refractivity contribution in [3.05, 3.63) is 35.9 Å². The smallest absolute Gasteiger partial charge is 0.188 e. The molecule has 0 saturated carbocycles. The topological polar surface area (TPSA) is 48.4 Å². The molecule has 0 spiro atoms. The first-order valence-electron chi connectivity index (χ1n) is 8.80. The van der Waals surface area contributed by atoms with Gasteiger partial charge in [0.2, 0.25) is 0 Å². The van der Waals surface area contributed by atoms with Gasteiger partial charge in [-0.3, -0.25) is 0 Å². The van der Waals surface area contributed by atoms with Gasteiger partial charge in [0, 0.05) is 38.4 Å². The molecule has 0 amide bonds. The minimum absolute atomic E-state index is 0.190. The minimum atomic E-state index is -0.190. The van der Waals surface area contributed by atoms with Gasteiger partial charge in [-0.05, 0) is 37.2 Å². The molecule has 0 unspecified atom stereocenters. The standard InChI is InChI=1S/C18H19FN6S/c1-23-6-8-24(9-7-23)18-22-15-16(20-11-21-17(15)26-18)25-5-4-12-10-13(19)2-3-14(12)25/h2-3,10-11H,4-9H2,1H3. The summed E-state index contributed by atoms with van der Waals surface area (Å²) in [7, 11) is 2.15. The van der Waals surface area contributed by atoms with Crippen LogP contribution in [0.5, 0.6) is 0 Å². The second kappa shape index (κ2) is 6.14. The van der Waals surface area contributed by atoms with Crippen molar-refractivity contribution in [1.82, 2.24) is 19.9 Å². The van der Waals surface area contributed by atoms with E-state index in [1.165, 1.54) is 6.07 Å². The molecule has 1 aromatic carbocycles. The van der Waals surface area contributed by atoms with Crippen molar-refractivity contribution < 1.29 is 4.39 Å². The van der Waals surface area contributed by atoms with Gasteiger partial charge in [0.25, 0.3) is 0 Å². The number of hydrogen-bond donors (Lipinski definition) is 0. The molecule has 0 N–H and O–H groups in total. The van der Waals surface area contributed by atoms with E-state index in [9.17, 15) is 4.39 Å². The van der Waals surface area contributed by atoms with Gasteiger partial charge in [-0.25, -0.2) is 19.3 Å². The van der Waals surface area contributed by atoms with E-state index in [-0.39, 0.29) is 5.82 Å². The summed E-state index contributed by atoms with van der Waals surface area (Å²) in [6.45, 7) is 4.82. The first-order chi connectivity index (χ1) is 12.7. The highest BCUT2D eigenvalue weighted by molar-refractivity contribution is 7.21. The van der Waals surface area contributed by atoms with Crippen LogP contribution in [0.25, 0.3) is 10.3 Å². The van der Waals surface area contributed by atoms with E-state index in [1.807, 2.05) is 6.07 Å². The minimum Gasteiger partial charge on any atom is -0.345 e. The van der Waals surface area contributed by atoms with Gasteiger partial charge >= 0.3 is 0 Å². The van der Waals surface area contributed by atoms with Crippen LogP contribution < -0.4 is 9.80 Å². The molecule has 6 nitrogen and oxygen atoms in total. The first kappa shape index (κ1) is 15.9. The fourth-order valence-corrected chi connectivity index (χ4v) is 4.61. The van der Waals surface area contributed by atoms with E-state index in [0.29, 0.717) is 0 Å². The number of piperazine rings is 1. The number of nitrogens with zero attached hydrogens (tertiary/aromatic N) is 6. The number of fused-ring (bicyclic) bond motifs is 2. The molecule has 134 valence electrons. The average Bonchev–Trinajstić information content (AvgIpc) is 3.25. The van der Waals surface area contributed by atoms with Crippen molar-refractivity contribution in [2.45, 2.75) is 6.42 Å². The lowest BCUT2D eigenvalue weighted by atomic mass is 10.2. The summed E-state index contributed by atoms with van der Waals surface area (Å²) >= 11 is 1.62. The molecule has 5 rings (SSSR count). The summed E-state index contributed by atoms with van der Waals surface area (Å²) in [6.07, 6.45) is 2.42. The van der Waals surface area contributed by atoms with Crippen LogP contribution in [-0.4, -0.2) is 59.6 Å². The van der Waals surface area contributed by atoms with E-state index < -0.39 is 0 Å². The Morgan fingerprint density at radius 1 is 1.08 bits per heavy atom. The molecule has 3 aromatic rings. The number of halogens is 1. The Labute approximate surface area is 154 Å². The molecule has 1 saturated heterocycles. The van der Waals surface area contributed by atoms with Crippen LogP contribution in [0.1, 0.15) is 5.56 Å². The van der Waals surface area contributed by atoms with Gasteiger partial charge in [0.15, 0.2) is 15.8 Å². The van der Waals surface area contributed by atoms with Crippen molar-refractivity contribution in [2.24, 2.45) is 0 Å². The molecule has 2 aliphatic heterocycles. The van der Waals surface area contributed by atoms with Crippen LogP contribution in [0.4, 0.5) is 21.0 Å². The highest BCUT2D eigenvalue weighted by Crippen LogP contribution is 2.39. The number of likely N-dealkylation sites (N-methyl/N-ethyl adjacent to an activating group) is 1. The molecule has 0 radical (unpaired) electrons. The SMILES string of the molecule is CN1CCN(c2nc3c(N4CCc5cc(F)ccc54)ncnc3s2)CC1. The zero-order valence-corrected chi connectivity index (χ0v) is 15.3. The first-order valence-corrected chi connectivity index (χ1v) is 9.62. The van der Waals surface area contributed by atoms with E-state index in [1.54, 1.807) is 23.7 Å². The van der Waals surface area contributed by atoms with E-state index in [0.717, 1.165) is 71.7 Å². The zero-order valence-electron chi connectivity index (χ0n) is 14.5. The summed E-state index contributed by atoms with van der Waals surface area (Å²) in [5.41, 5.74) is 2.87. The third-order valence-corrected chi connectivity index (χ3v) is 6.16. The number of aromatic nitrogens is 3. The van der Waals surface area contributed by atoms with E-state index >= 15 is 0 Å². The van der Waals surface area contributed by atoms with E-state index in [4.69, 9.17) is 4.98 Å². The maximum Gasteiger partial charge on any atom is 0.188 e. The summed E-state index contributed by atoms with van der Waals surface area (Å²) in [5.74, 6) is 0.626. The van der Waals surface area contributed by atoms with Crippen molar-refractivity contribution >= 4 is 38.3 Å².